The molecule has 0 aromatic heterocycles. The number of hydrogen-bond acceptors (Lipinski definition) is 3. The molecule has 116 valence electrons. The van der Waals surface area contributed by atoms with Gasteiger partial charge in [-0.3, -0.25) is 4.79 Å². The van der Waals surface area contributed by atoms with Crippen molar-refractivity contribution in [1.82, 2.24) is 4.90 Å². The second-order valence-corrected chi connectivity index (χ2v) is 8.21. The Kier molecular flexibility index (Phi) is 5.44. The lowest BCUT2D eigenvalue weighted by Gasteiger charge is -2.24. The van der Waals surface area contributed by atoms with Crippen LogP contribution in [0.2, 0.25) is 0 Å². The van der Waals surface area contributed by atoms with Gasteiger partial charge in [-0.05, 0) is 25.1 Å². The summed E-state index contributed by atoms with van der Waals surface area (Å²) in [7, 11) is 0. The van der Waals surface area contributed by atoms with E-state index in [2.05, 4.69) is 18.7 Å². The fourth-order valence-corrected chi connectivity index (χ4v) is 3.78. The summed E-state index contributed by atoms with van der Waals surface area (Å²) in [5.41, 5.74) is 0.217. The van der Waals surface area contributed by atoms with Crippen molar-refractivity contribution < 1.29 is 9.18 Å². The van der Waals surface area contributed by atoms with Gasteiger partial charge >= 0.3 is 0 Å². The molecule has 0 aliphatic carbocycles. The van der Waals surface area contributed by atoms with Gasteiger partial charge in [-0.2, -0.15) is 11.8 Å². The molecule has 2 rings (SSSR count). The smallest absolute Gasteiger partial charge is 0.169 e. The van der Waals surface area contributed by atoms with Crippen LogP contribution in [0.15, 0.2) is 24.3 Å². The third-order valence-corrected chi connectivity index (χ3v) is 5.42. The van der Waals surface area contributed by atoms with E-state index in [9.17, 15) is 9.18 Å². The average molecular weight is 309 g/mol. The van der Waals surface area contributed by atoms with Gasteiger partial charge in [0.05, 0.1) is 5.56 Å². The van der Waals surface area contributed by atoms with Gasteiger partial charge < -0.3 is 4.90 Å². The van der Waals surface area contributed by atoms with Crippen LogP contribution < -0.4 is 0 Å². The number of carbonyl (C=O) groups excluding carboxylic acids is 1. The van der Waals surface area contributed by atoms with E-state index in [0.29, 0.717) is 11.3 Å². The van der Waals surface area contributed by atoms with E-state index in [1.54, 1.807) is 18.2 Å². The molecular weight excluding hydrogens is 285 g/mol. The molecule has 0 N–H and O–H groups in total. The Balaban J connectivity index is 1.96. The number of rotatable bonds is 4. The van der Waals surface area contributed by atoms with E-state index in [0.717, 1.165) is 25.3 Å². The third-order valence-electron chi connectivity index (χ3n) is 4.05. The summed E-state index contributed by atoms with van der Waals surface area (Å²) in [5.74, 6) is 0.410. The topological polar surface area (TPSA) is 20.3 Å². The van der Waals surface area contributed by atoms with Crippen LogP contribution in [-0.4, -0.2) is 40.8 Å². The predicted octanol–water partition coefficient (Wildman–Crippen LogP) is 3.86. The van der Waals surface area contributed by atoms with Crippen molar-refractivity contribution in [2.24, 2.45) is 5.92 Å². The molecule has 1 aromatic rings. The Morgan fingerprint density at radius 3 is 2.81 bits per heavy atom. The van der Waals surface area contributed by atoms with E-state index in [-0.39, 0.29) is 17.3 Å². The molecule has 2 nitrogen and oxygen atoms in total. The van der Waals surface area contributed by atoms with Gasteiger partial charge in [0.25, 0.3) is 0 Å². The molecule has 0 amide bonds. The Morgan fingerprint density at radius 1 is 1.38 bits per heavy atom. The van der Waals surface area contributed by atoms with Gasteiger partial charge in [0.1, 0.15) is 5.82 Å². The standard InChI is InChI=1S/C17H24FNOS/c1-13(16(20)14-6-4-5-7-15(14)18)12-19-9-8-17(2,3)21-11-10-19/h4-7,13H,8-12H2,1-3H3. The molecule has 1 atom stereocenters. The average Bonchev–Trinajstić information content (AvgIpc) is 2.60. The SMILES string of the molecule is CC(CN1CCSC(C)(C)CC1)C(=O)c1ccccc1F. The number of halogens is 1. The van der Waals surface area contributed by atoms with Crippen molar-refractivity contribution >= 4 is 17.5 Å². The number of ketones is 1. The molecule has 1 unspecified atom stereocenters. The molecular formula is C17H24FNOS. The lowest BCUT2D eigenvalue weighted by molar-refractivity contribution is 0.0892. The van der Waals surface area contributed by atoms with Gasteiger partial charge in [0.2, 0.25) is 0 Å². The summed E-state index contributed by atoms with van der Waals surface area (Å²) in [5, 5.41) is 0. The number of carbonyl (C=O) groups is 1. The van der Waals surface area contributed by atoms with Crippen LogP contribution in [-0.2, 0) is 0 Å². The van der Waals surface area contributed by atoms with Crippen LogP contribution in [0.5, 0.6) is 0 Å². The minimum absolute atomic E-state index is 0.0933. The minimum Gasteiger partial charge on any atom is -0.302 e. The number of hydrogen-bond donors (Lipinski definition) is 0. The molecule has 4 heteroatoms. The van der Waals surface area contributed by atoms with Crippen LogP contribution in [0.25, 0.3) is 0 Å². The zero-order valence-corrected chi connectivity index (χ0v) is 13.9. The summed E-state index contributed by atoms with van der Waals surface area (Å²) >= 11 is 1.99. The highest BCUT2D eigenvalue weighted by molar-refractivity contribution is 8.00. The quantitative estimate of drug-likeness (QED) is 0.788. The van der Waals surface area contributed by atoms with Crippen LogP contribution in [0, 0.1) is 11.7 Å². The molecule has 1 aliphatic rings. The van der Waals surface area contributed by atoms with Crippen LogP contribution in [0.1, 0.15) is 37.6 Å². The van der Waals surface area contributed by atoms with Crippen molar-refractivity contribution in [3.63, 3.8) is 0 Å². The van der Waals surface area contributed by atoms with Crippen molar-refractivity contribution in [2.75, 3.05) is 25.4 Å². The second kappa shape index (κ2) is 6.93. The maximum atomic E-state index is 13.7. The molecule has 0 spiro atoms. The molecule has 0 bridgehead atoms. The van der Waals surface area contributed by atoms with Gasteiger partial charge in [0, 0.05) is 29.5 Å². The molecule has 1 saturated heterocycles. The van der Waals surface area contributed by atoms with E-state index in [1.165, 1.54) is 6.07 Å². The summed E-state index contributed by atoms with van der Waals surface area (Å²) in [6, 6.07) is 6.26. The summed E-state index contributed by atoms with van der Waals surface area (Å²) in [6.07, 6.45) is 1.12. The zero-order valence-electron chi connectivity index (χ0n) is 13.1. The largest absolute Gasteiger partial charge is 0.302 e. The first-order chi connectivity index (χ1) is 9.89. The zero-order chi connectivity index (χ0) is 15.5. The molecule has 1 fully saturated rings. The number of nitrogens with zero attached hydrogens (tertiary/aromatic N) is 1. The highest BCUT2D eigenvalue weighted by Gasteiger charge is 2.26. The van der Waals surface area contributed by atoms with E-state index < -0.39 is 5.82 Å². The van der Waals surface area contributed by atoms with Crippen LogP contribution >= 0.6 is 11.8 Å². The molecule has 1 heterocycles. The predicted molar refractivity (Wildman–Crippen MR) is 87.5 cm³/mol. The molecule has 1 aliphatic heterocycles. The maximum Gasteiger partial charge on any atom is 0.169 e. The lowest BCUT2D eigenvalue weighted by Crippen LogP contribution is -2.34. The van der Waals surface area contributed by atoms with Crippen molar-refractivity contribution in [1.29, 1.82) is 0 Å². The van der Waals surface area contributed by atoms with Crippen LogP contribution in [0.3, 0.4) is 0 Å². The van der Waals surface area contributed by atoms with Crippen molar-refractivity contribution in [2.45, 2.75) is 31.9 Å². The Morgan fingerprint density at radius 2 is 2.10 bits per heavy atom. The van der Waals surface area contributed by atoms with Crippen molar-refractivity contribution in [3.05, 3.63) is 35.6 Å². The van der Waals surface area contributed by atoms with Crippen molar-refractivity contribution in [3.8, 4) is 0 Å². The first kappa shape index (κ1) is 16.5. The fourth-order valence-electron chi connectivity index (χ4n) is 2.64. The van der Waals surface area contributed by atoms with E-state index >= 15 is 0 Å². The van der Waals surface area contributed by atoms with E-state index in [1.807, 2.05) is 18.7 Å². The molecule has 21 heavy (non-hydrogen) atoms. The Hall–Kier alpha value is -0.870. The number of benzene rings is 1. The first-order valence-corrected chi connectivity index (χ1v) is 8.53. The highest BCUT2D eigenvalue weighted by atomic mass is 32.2. The number of thioether (sulfide) groups is 1. The normalized spacial score (nSPS) is 20.8. The van der Waals surface area contributed by atoms with Gasteiger partial charge in [0.15, 0.2) is 5.78 Å². The number of Topliss-reactive ketones (excluding diaryl/α,β-unsaturated/α-hetero) is 1. The van der Waals surface area contributed by atoms with Crippen LogP contribution in [0.4, 0.5) is 4.39 Å². The first-order valence-electron chi connectivity index (χ1n) is 7.54. The lowest BCUT2D eigenvalue weighted by atomic mass is 9.98. The van der Waals surface area contributed by atoms with Gasteiger partial charge in [-0.1, -0.05) is 32.9 Å². The maximum absolute atomic E-state index is 13.7. The highest BCUT2D eigenvalue weighted by Crippen LogP contribution is 2.31. The summed E-state index contributed by atoms with van der Waals surface area (Å²) in [6.45, 7) is 9.17. The monoisotopic (exact) mass is 309 g/mol. The Labute approximate surface area is 131 Å². The van der Waals surface area contributed by atoms with Gasteiger partial charge in [-0.25, -0.2) is 4.39 Å². The second-order valence-electron chi connectivity index (χ2n) is 6.40. The summed E-state index contributed by atoms with van der Waals surface area (Å²) in [4.78, 5) is 14.7. The fraction of sp³-hybridized carbons (Fsp3) is 0.588. The Bertz CT molecular complexity index is 503. The molecule has 0 radical (unpaired) electrons. The molecule has 0 saturated carbocycles. The summed E-state index contributed by atoms with van der Waals surface area (Å²) < 4.78 is 14.0. The third kappa shape index (κ3) is 4.55. The minimum atomic E-state index is -0.415. The van der Waals surface area contributed by atoms with Gasteiger partial charge in [-0.15, -0.1) is 0 Å². The van der Waals surface area contributed by atoms with E-state index in [4.69, 9.17) is 0 Å². The molecule has 1 aromatic carbocycles.